The number of likely N-dealkylation sites (N-methyl/N-ethyl adjacent to an activating group) is 2. The zero-order chi connectivity index (χ0) is 22.1. The Hall–Kier alpha value is -3.39. The van der Waals surface area contributed by atoms with Gasteiger partial charge in [-0.3, -0.25) is 4.79 Å². The van der Waals surface area contributed by atoms with Gasteiger partial charge in [0.2, 0.25) is 5.91 Å². The topological polar surface area (TPSA) is 63.5 Å². The molecule has 7 nitrogen and oxygen atoms in total. The fraction of sp³-hybridized carbons (Fsp3) is 0.292. The summed E-state index contributed by atoms with van der Waals surface area (Å²) in [4.78, 5) is 26.4. The number of ether oxygens (including phenoxy) is 1. The lowest BCUT2D eigenvalue weighted by atomic mass is 10.2. The molecule has 0 unspecified atom stereocenters. The van der Waals surface area contributed by atoms with Gasteiger partial charge in [0.25, 0.3) is 0 Å². The van der Waals surface area contributed by atoms with Crippen LogP contribution < -0.4 is 9.64 Å². The zero-order valence-electron chi connectivity index (χ0n) is 18.1. The van der Waals surface area contributed by atoms with E-state index in [1.807, 2.05) is 59.5 Å². The summed E-state index contributed by atoms with van der Waals surface area (Å²) in [5, 5.41) is 1.96. The first-order valence-corrected chi connectivity index (χ1v) is 11.7. The van der Waals surface area contributed by atoms with Gasteiger partial charge in [0.05, 0.1) is 35.3 Å². The van der Waals surface area contributed by atoms with E-state index in [0.717, 1.165) is 41.3 Å². The van der Waals surface area contributed by atoms with Crippen molar-refractivity contribution in [2.24, 2.45) is 0 Å². The number of para-hydroxylation sites is 4. The SMILES string of the molecule is CCN1C[C@@H](CN(C)C(=O)Cn2c(-c3cscn3)nc3ccccc32)Oc2ccccc21. The van der Waals surface area contributed by atoms with Gasteiger partial charge in [-0.1, -0.05) is 24.3 Å². The van der Waals surface area contributed by atoms with Gasteiger partial charge >= 0.3 is 0 Å². The maximum absolute atomic E-state index is 13.2. The number of imidazole rings is 1. The highest BCUT2D eigenvalue weighted by Crippen LogP contribution is 2.33. The third kappa shape index (κ3) is 3.82. The number of carbonyl (C=O) groups excluding carboxylic acids is 1. The number of thiazole rings is 1. The van der Waals surface area contributed by atoms with Crippen LogP contribution in [0, 0.1) is 0 Å². The van der Waals surface area contributed by atoms with Crippen LogP contribution in [0.1, 0.15) is 6.92 Å². The van der Waals surface area contributed by atoms with E-state index in [0.29, 0.717) is 12.4 Å². The monoisotopic (exact) mass is 447 g/mol. The Morgan fingerprint density at radius 1 is 1.22 bits per heavy atom. The van der Waals surface area contributed by atoms with Crippen molar-refractivity contribution < 1.29 is 9.53 Å². The molecule has 164 valence electrons. The molecule has 1 amide bonds. The molecule has 0 fully saturated rings. The molecule has 0 spiro atoms. The first kappa shape index (κ1) is 20.5. The molecule has 0 saturated heterocycles. The van der Waals surface area contributed by atoms with Gasteiger partial charge in [-0.05, 0) is 31.2 Å². The van der Waals surface area contributed by atoms with Crippen molar-refractivity contribution >= 4 is 34.0 Å². The molecule has 4 aromatic rings. The van der Waals surface area contributed by atoms with Crippen molar-refractivity contribution in [2.45, 2.75) is 19.6 Å². The van der Waals surface area contributed by atoms with E-state index in [1.54, 1.807) is 10.4 Å². The van der Waals surface area contributed by atoms with Crippen LogP contribution in [0.2, 0.25) is 0 Å². The maximum Gasteiger partial charge on any atom is 0.242 e. The van der Waals surface area contributed by atoms with Gasteiger partial charge in [-0.2, -0.15) is 0 Å². The Labute approximate surface area is 190 Å². The first-order valence-electron chi connectivity index (χ1n) is 10.7. The second-order valence-corrected chi connectivity index (χ2v) is 8.62. The van der Waals surface area contributed by atoms with Crippen molar-refractivity contribution in [2.75, 3.05) is 31.6 Å². The minimum atomic E-state index is -0.0867. The van der Waals surface area contributed by atoms with Gasteiger partial charge in [-0.25, -0.2) is 9.97 Å². The highest BCUT2D eigenvalue weighted by atomic mass is 32.1. The second kappa shape index (κ2) is 8.63. The number of hydrogen-bond acceptors (Lipinski definition) is 6. The van der Waals surface area contributed by atoms with Gasteiger partial charge in [0, 0.05) is 19.0 Å². The van der Waals surface area contributed by atoms with Crippen LogP contribution in [0.25, 0.3) is 22.6 Å². The summed E-state index contributed by atoms with van der Waals surface area (Å²) >= 11 is 1.52. The third-order valence-corrected chi connectivity index (χ3v) is 6.40. The summed E-state index contributed by atoms with van der Waals surface area (Å²) in [7, 11) is 1.84. The fourth-order valence-corrected chi connectivity index (χ4v) is 4.72. The zero-order valence-corrected chi connectivity index (χ0v) is 19.0. The molecule has 2 aromatic carbocycles. The van der Waals surface area contributed by atoms with E-state index in [1.165, 1.54) is 11.3 Å². The highest BCUT2D eigenvalue weighted by molar-refractivity contribution is 7.07. The number of hydrogen-bond donors (Lipinski definition) is 0. The molecular weight excluding hydrogens is 422 g/mol. The van der Waals surface area contributed by atoms with Crippen LogP contribution in [0.4, 0.5) is 5.69 Å². The minimum Gasteiger partial charge on any atom is -0.485 e. The molecule has 0 aliphatic carbocycles. The number of nitrogens with zero attached hydrogens (tertiary/aromatic N) is 5. The molecule has 5 rings (SSSR count). The molecule has 1 atom stereocenters. The lowest BCUT2D eigenvalue weighted by Gasteiger charge is -2.37. The summed E-state index contributed by atoms with van der Waals surface area (Å²) < 4.78 is 8.17. The Kier molecular flexibility index (Phi) is 5.53. The van der Waals surface area contributed by atoms with Crippen molar-refractivity contribution in [3.8, 4) is 17.3 Å². The van der Waals surface area contributed by atoms with E-state index in [4.69, 9.17) is 9.72 Å². The predicted molar refractivity (Wildman–Crippen MR) is 127 cm³/mol. The van der Waals surface area contributed by atoms with Crippen LogP contribution in [-0.4, -0.2) is 58.1 Å². The standard InChI is InChI=1S/C24H25N5O2S/c1-3-28-13-17(31-22-11-7-6-10-21(22)28)12-27(2)23(30)14-29-20-9-5-4-8-18(20)26-24(29)19-15-32-16-25-19/h4-11,15-17H,3,12-14H2,1-2H3/t17-/m1/s1. The molecule has 0 bridgehead atoms. The van der Waals surface area contributed by atoms with Crippen molar-refractivity contribution in [3.05, 3.63) is 59.4 Å². The molecule has 0 saturated carbocycles. The van der Waals surface area contributed by atoms with Gasteiger partial charge < -0.3 is 19.1 Å². The van der Waals surface area contributed by atoms with E-state index in [-0.39, 0.29) is 18.6 Å². The van der Waals surface area contributed by atoms with E-state index in [2.05, 4.69) is 22.9 Å². The van der Waals surface area contributed by atoms with Crippen molar-refractivity contribution in [1.29, 1.82) is 0 Å². The van der Waals surface area contributed by atoms with Gasteiger partial charge in [-0.15, -0.1) is 11.3 Å². The summed E-state index contributed by atoms with van der Waals surface area (Å²) in [6.45, 7) is 4.50. The molecule has 1 aliphatic rings. The van der Waals surface area contributed by atoms with E-state index in [9.17, 15) is 4.79 Å². The quantitative estimate of drug-likeness (QED) is 0.449. The number of carbonyl (C=O) groups is 1. The van der Waals surface area contributed by atoms with Crippen LogP contribution in [0.15, 0.2) is 59.4 Å². The molecule has 8 heteroatoms. The Morgan fingerprint density at radius 2 is 2.03 bits per heavy atom. The molecule has 32 heavy (non-hydrogen) atoms. The molecule has 1 aliphatic heterocycles. The minimum absolute atomic E-state index is 0.00939. The molecule has 0 N–H and O–H groups in total. The summed E-state index contributed by atoms with van der Waals surface area (Å²) in [5.41, 5.74) is 5.46. The van der Waals surface area contributed by atoms with Crippen LogP contribution in [0.3, 0.4) is 0 Å². The maximum atomic E-state index is 13.2. The number of anilines is 1. The van der Waals surface area contributed by atoms with Crippen molar-refractivity contribution in [1.82, 2.24) is 19.4 Å². The van der Waals surface area contributed by atoms with E-state index >= 15 is 0 Å². The predicted octanol–water partition coefficient (Wildman–Crippen LogP) is 3.91. The normalized spacial score (nSPS) is 15.4. The number of aromatic nitrogens is 3. The number of benzene rings is 2. The Balaban J connectivity index is 1.35. The largest absolute Gasteiger partial charge is 0.485 e. The number of rotatable bonds is 6. The summed E-state index contributed by atoms with van der Waals surface area (Å²) in [5.74, 6) is 1.60. The fourth-order valence-electron chi connectivity index (χ4n) is 4.19. The lowest BCUT2D eigenvalue weighted by molar-refractivity contribution is -0.131. The lowest BCUT2D eigenvalue weighted by Crippen LogP contribution is -2.47. The average molecular weight is 448 g/mol. The molecule has 2 aromatic heterocycles. The van der Waals surface area contributed by atoms with Crippen LogP contribution >= 0.6 is 11.3 Å². The summed E-state index contributed by atoms with van der Waals surface area (Å²) in [6.07, 6.45) is -0.0867. The Bertz CT molecular complexity index is 1240. The second-order valence-electron chi connectivity index (χ2n) is 7.90. The number of fused-ring (bicyclic) bond motifs is 2. The molecule has 0 radical (unpaired) electrons. The smallest absolute Gasteiger partial charge is 0.242 e. The number of amides is 1. The Morgan fingerprint density at radius 3 is 2.84 bits per heavy atom. The summed E-state index contributed by atoms with van der Waals surface area (Å²) in [6, 6.07) is 15.9. The van der Waals surface area contributed by atoms with Crippen LogP contribution in [0.5, 0.6) is 5.75 Å². The van der Waals surface area contributed by atoms with Crippen LogP contribution in [-0.2, 0) is 11.3 Å². The average Bonchev–Trinajstić information content (AvgIpc) is 3.47. The van der Waals surface area contributed by atoms with Crippen molar-refractivity contribution in [3.63, 3.8) is 0 Å². The van der Waals surface area contributed by atoms with Gasteiger partial charge in [0.1, 0.15) is 24.1 Å². The molecular formula is C24H25N5O2S. The van der Waals surface area contributed by atoms with Gasteiger partial charge in [0.15, 0.2) is 5.82 Å². The highest BCUT2D eigenvalue weighted by Gasteiger charge is 2.27. The first-order chi connectivity index (χ1) is 15.6. The van der Waals surface area contributed by atoms with E-state index < -0.39 is 0 Å². The third-order valence-electron chi connectivity index (χ3n) is 5.82. The molecule has 3 heterocycles.